The van der Waals surface area contributed by atoms with E-state index in [0.29, 0.717) is 10.6 Å². The number of benzene rings is 3. The molecule has 0 radical (unpaired) electrons. The molecule has 30 heavy (non-hydrogen) atoms. The maximum absolute atomic E-state index is 12.8. The highest BCUT2D eigenvalue weighted by Gasteiger charge is 2.47. The Hall–Kier alpha value is -2.96. The van der Waals surface area contributed by atoms with Gasteiger partial charge in [-0.2, -0.15) is 0 Å². The highest BCUT2D eigenvalue weighted by molar-refractivity contribution is 9.10. The molecule has 1 aliphatic heterocycles. The molecule has 2 N–H and O–H groups in total. The van der Waals surface area contributed by atoms with Crippen molar-refractivity contribution >= 4 is 45.6 Å². The smallest absolute Gasteiger partial charge is 0.304 e. The third-order valence-electron chi connectivity index (χ3n) is 4.83. The van der Waals surface area contributed by atoms with Gasteiger partial charge in [0, 0.05) is 26.2 Å². The van der Waals surface area contributed by atoms with Crippen LogP contribution in [0.4, 0.5) is 0 Å². The number of hydrazone groups is 1. The molecule has 0 bridgehead atoms. The zero-order valence-corrected chi connectivity index (χ0v) is 18.1. The minimum Gasteiger partial charge on any atom is -0.334 e. The van der Waals surface area contributed by atoms with Crippen molar-refractivity contribution in [2.45, 2.75) is 12.1 Å². The van der Waals surface area contributed by atoms with E-state index in [4.69, 9.17) is 11.6 Å². The fraction of sp³-hybridized carbons (Fsp3) is 0.0870. The molecule has 3 aromatic carbocycles. The molecule has 2 amide bonds. The van der Waals surface area contributed by atoms with E-state index in [9.17, 15) is 9.59 Å². The lowest BCUT2D eigenvalue weighted by Crippen LogP contribution is -2.42. The van der Waals surface area contributed by atoms with Gasteiger partial charge in [-0.25, -0.2) is 0 Å². The summed E-state index contributed by atoms with van der Waals surface area (Å²) in [6.45, 7) is 0. The van der Waals surface area contributed by atoms with Crippen molar-refractivity contribution in [3.8, 4) is 0 Å². The number of carbonyl (C=O) groups is 2. The van der Waals surface area contributed by atoms with Crippen LogP contribution in [0.5, 0.6) is 0 Å². The van der Waals surface area contributed by atoms with Gasteiger partial charge in [0.25, 0.3) is 5.91 Å². The lowest BCUT2D eigenvalue weighted by atomic mass is 10.00. The molecule has 5 nitrogen and oxygen atoms in total. The minimum atomic E-state index is -0.762. The Bertz CT molecular complexity index is 1100. The molecule has 0 aromatic heterocycles. The molecule has 150 valence electrons. The first-order chi connectivity index (χ1) is 14.5. The van der Waals surface area contributed by atoms with Crippen LogP contribution in [-0.4, -0.2) is 28.8 Å². The van der Waals surface area contributed by atoms with Gasteiger partial charge in [-0.3, -0.25) is 9.59 Å². The lowest BCUT2D eigenvalue weighted by Gasteiger charge is -2.14. The normalized spacial score (nSPS) is 19.5. The second kappa shape index (κ2) is 8.81. The van der Waals surface area contributed by atoms with E-state index in [1.165, 1.54) is 0 Å². The van der Waals surface area contributed by atoms with Gasteiger partial charge in [-0.1, -0.05) is 57.9 Å². The maximum atomic E-state index is 12.8. The Morgan fingerprint density at radius 3 is 2.33 bits per heavy atom. The largest absolute Gasteiger partial charge is 0.334 e. The molecule has 1 fully saturated rings. The predicted molar refractivity (Wildman–Crippen MR) is 120 cm³/mol. The van der Waals surface area contributed by atoms with Crippen molar-refractivity contribution in [3.63, 3.8) is 0 Å². The fourth-order valence-electron chi connectivity index (χ4n) is 3.37. The lowest BCUT2D eigenvalue weighted by molar-refractivity contribution is -0.596. The third-order valence-corrected chi connectivity index (χ3v) is 5.61. The minimum absolute atomic E-state index is 0.278. The van der Waals surface area contributed by atoms with Gasteiger partial charge in [0.15, 0.2) is 6.04 Å². The van der Waals surface area contributed by atoms with Crippen molar-refractivity contribution < 1.29 is 14.3 Å². The molecule has 0 aliphatic carbocycles. The first-order valence-corrected chi connectivity index (χ1v) is 10.5. The fourth-order valence-corrected chi connectivity index (χ4v) is 3.76. The Kier molecular flexibility index (Phi) is 5.97. The summed E-state index contributed by atoms with van der Waals surface area (Å²) in [4.78, 5) is 25.6. The number of hydrogen-bond donors (Lipinski definition) is 2. The molecule has 2 atom stereocenters. The van der Waals surface area contributed by atoms with Gasteiger partial charge in [0.05, 0.1) is 0 Å². The summed E-state index contributed by atoms with van der Waals surface area (Å²) in [7, 11) is 0. The molecule has 0 saturated carbocycles. The predicted octanol–water partition coefficient (Wildman–Crippen LogP) is 4.12. The van der Waals surface area contributed by atoms with Gasteiger partial charge in [0.1, 0.15) is 0 Å². The molecule has 3 aromatic rings. The van der Waals surface area contributed by atoms with E-state index >= 15 is 0 Å². The molecule has 0 unspecified atom stereocenters. The van der Waals surface area contributed by atoms with Crippen molar-refractivity contribution in [2.75, 3.05) is 0 Å². The van der Waals surface area contributed by atoms with Gasteiger partial charge in [-0.15, -0.1) is 10.1 Å². The van der Waals surface area contributed by atoms with Crippen molar-refractivity contribution in [1.82, 2.24) is 10.7 Å². The van der Waals surface area contributed by atoms with E-state index < -0.39 is 12.1 Å². The number of hydrogen-bond acceptors (Lipinski definition) is 2. The topological polar surface area (TPSA) is 61.2 Å². The number of rotatable bonds is 4. The van der Waals surface area contributed by atoms with Crippen LogP contribution in [0.2, 0.25) is 5.02 Å². The van der Waals surface area contributed by atoms with E-state index in [1.807, 2.05) is 60.8 Å². The maximum Gasteiger partial charge on any atom is 0.304 e. The summed E-state index contributed by atoms with van der Waals surface area (Å²) < 4.78 is 2.71. The molecule has 1 aliphatic rings. The van der Waals surface area contributed by atoms with E-state index in [-0.39, 0.29) is 11.8 Å². The van der Waals surface area contributed by atoms with Crippen LogP contribution in [0, 0.1) is 0 Å². The average Bonchev–Trinajstić information content (AvgIpc) is 3.05. The van der Waals surface area contributed by atoms with E-state index in [2.05, 4.69) is 26.7 Å². The Morgan fingerprint density at radius 2 is 1.67 bits per heavy atom. The zero-order valence-electron chi connectivity index (χ0n) is 15.8. The molecule has 1 heterocycles. The number of nitrogens with zero attached hydrogens (tertiary/aromatic N) is 1. The standard InChI is InChI=1S/C23H17BrClN3O2/c24-18-10-6-15(7-11-18)14-28-21(16-4-2-1-3-5-16)20(23(30)27-28)26-22(29)17-8-12-19(25)13-9-17/h1-14,20-21H,(H-,26,27,29,30)/p+1/b28-14-/t20-,21-/m1/s1. The number of hydrazine groups is 1. The van der Waals surface area contributed by atoms with Crippen molar-refractivity contribution in [3.05, 3.63) is 105 Å². The number of nitrogens with one attached hydrogen (secondary N) is 2. The molecule has 0 spiro atoms. The highest BCUT2D eigenvalue weighted by Crippen LogP contribution is 2.25. The molecular formula is C23H18BrClN3O2+. The summed E-state index contributed by atoms with van der Waals surface area (Å²) in [6.07, 6.45) is 1.86. The zero-order chi connectivity index (χ0) is 21.1. The van der Waals surface area contributed by atoms with Gasteiger partial charge in [0.2, 0.25) is 12.3 Å². The molecule has 1 saturated heterocycles. The van der Waals surface area contributed by atoms with Crippen molar-refractivity contribution in [2.24, 2.45) is 0 Å². The number of halogens is 2. The Morgan fingerprint density at radius 1 is 1.00 bits per heavy atom. The van der Waals surface area contributed by atoms with Crippen LogP contribution < -0.4 is 10.7 Å². The van der Waals surface area contributed by atoms with E-state index in [1.54, 1.807) is 28.9 Å². The van der Waals surface area contributed by atoms with Crippen molar-refractivity contribution in [1.29, 1.82) is 0 Å². The summed E-state index contributed by atoms with van der Waals surface area (Å²) in [5.41, 5.74) is 5.14. The number of amides is 2. The van der Waals surface area contributed by atoms with Gasteiger partial charge < -0.3 is 5.32 Å². The Balaban J connectivity index is 1.68. The molecule has 7 heteroatoms. The van der Waals surface area contributed by atoms with Crippen LogP contribution in [-0.2, 0) is 4.79 Å². The monoisotopic (exact) mass is 482 g/mol. The first-order valence-electron chi connectivity index (χ1n) is 9.32. The second-order valence-corrected chi connectivity index (χ2v) is 8.23. The third kappa shape index (κ3) is 4.45. The second-order valence-electron chi connectivity index (χ2n) is 6.88. The molecular weight excluding hydrogens is 466 g/mol. The quantitative estimate of drug-likeness (QED) is 0.549. The first kappa shape index (κ1) is 20.3. The van der Waals surface area contributed by atoms with E-state index in [0.717, 1.165) is 15.6 Å². The van der Waals surface area contributed by atoms with Crippen LogP contribution in [0.25, 0.3) is 0 Å². The van der Waals surface area contributed by atoms with Crippen LogP contribution in [0.1, 0.15) is 27.5 Å². The summed E-state index contributed by atoms with van der Waals surface area (Å²) in [6, 6.07) is 22.8. The number of carbonyl (C=O) groups excluding carboxylic acids is 2. The molecule has 4 rings (SSSR count). The highest BCUT2D eigenvalue weighted by atomic mass is 79.9. The summed E-state index contributed by atoms with van der Waals surface area (Å²) in [5.74, 6) is -0.613. The van der Waals surface area contributed by atoms with Gasteiger partial charge >= 0.3 is 5.91 Å². The average molecular weight is 484 g/mol. The Labute approximate surface area is 187 Å². The summed E-state index contributed by atoms with van der Waals surface area (Å²) in [5, 5.41) is 3.42. The van der Waals surface area contributed by atoms with Gasteiger partial charge in [-0.05, 0) is 48.5 Å². The SMILES string of the molecule is O=C(N[C@H]1C(=O)N/[N+](=C\c2ccc(Br)cc2)[C@@H]1c1ccccc1)c1ccc(Cl)cc1. The van der Waals surface area contributed by atoms with Crippen LogP contribution in [0.15, 0.2) is 83.3 Å². The van der Waals surface area contributed by atoms with Crippen LogP contribution >= 0.6 is 27.5 Å². The summed E-state index contributed by atoms with van der Waals surface area (Å²) >= 11 is 9.34. The van der Waals surface area contributed by atoms with Crippen LogP contribution in [0.3, 0.4) is 0 Å².